The van der Waals surface area contributed by atoms with Crippen LogP contribution in [-0.2, 0) is 11.2 Å². The third kappa shape index (κ3) is 4.35. The minimum Gasteiger partial charge on any atom is -0.454 e. The molecule has 1 aliphatic heterocycles. The third-order valence-electron chi connectivity index (χ3n) is 3.68. The van der Waals surface area contributed by atoms with E-state index in [9.17, 15) is 9.18 Å². The van der Waals surface area contributed by atoms with Crippen LogP contribution in [0.4, 0.5) is 4.39 Å². The molecule has 0 atom stereocenters. The van der Waals surface area contributed by atoms with Gasteiger partial charge in [-0.25, -0.2) is 4.39 Å². The van der Waals surface area contributed by atoms with E-state index in [1.54, 1.807) is 18.2 Å². The summed E-state index contributed by atoms with van der Waals surface area (Å²) >= 11 is 0. The van der Waals surface area contributed by atoms with E-state index in [-0.39, 0.29) is 18.5 Å². The average Bonchev–Trinajstić information content (AvgIpc) is 3.06. The molecule has 4 nitrogen and oxygen atoms in total. The molecular formula is C19H18FNO3. The lowest BCUT2D eigenvalue weighted by Gasteiger charge is -2.03. The number of hydrogen-bond donors (Lipinski definition) is 1. The van der Waals surface area contributed by atoms with E-state index in [4.69, 9.17) is 9.47 Å². The largest absolute Gasteiger partial charge is 0.454 e. The molecule has 1 heterocycles. The number of rotatable bonds is 6. The molecule has 0 fully saturated rings. The number of nitrogens with one attached hydrogen (secondary N) is 1. The zero-order valence-electron chi connectivity index (χ0n) is 13.1. The van der Waals surface area contributed by atoms with Crippen molar-refractivity contribution in [2.24, 2.45) is 0 Å². The van der Waals surface area contributed by atoms with Crippen molar-refractivity contribution in [2.75, 3.05) is 13.3 Å². The number of amides is 1. The van der Waals surface area contributed by atoms with Crippen LogP contribution >= 0.6 is 0 Å². The molecule has 0 bridgehead atoms. The van der Waals surface area contributed by atoms with E-state index in [0.717, 1.165) is 29.7 Å². The molecule has 1 aliphatic rings. The topological polar surface area (TPSA) is 47.6 Å². The SMILES string of the molecule is O=C(/C=C/c1ccc2c(c1)OCO2)NCCCc1ccc(F)cc1. The van der Waals surface area contributed by atoms with Crippen molar-refractivity contribution in [3.8, 4) is 11.5 Å². The normalized spacial score (nSPS) is 12.5. The molecule has 0 aliphatic carbocycles. The van der Waals surface area contributed by atoms with Gasteiger partial charge in [-0.2, -0.15) is 0 Å². The van der Waals surface area contributed by atoms with Crippen LogP contribution in [0, 0.1) is 5.82 Å². The second kappa shape index (κ2) is 7.64. The van der Waals surface area contributed by atoms with Gasteiger partial charge in [-0.1, -0.05) is 18.2 Å². The zero-order valence-corrected chi connectivity index (χ0v) is 13.1. The number of ether oxygens (including phenoxy) is 2. The summed E-state index contributed by atoms with van der Waals surface area (Å²) in [5.41, 5.74) is 1.93. The number of benzene rings is 2. The van der Waals surface area contributed by atoms with Crippen LogP contribution in [0.2, 0.25) is 0 Å². The molecular weight excluding hydrogens is 309 g/mol. The Morgan fingerprint density at radius 2 is 1.92 bits per heavy atom. The fourth-order valence-corrected chi connectivity index (χ4v) is 2.40. The van der Waals surface area contributed by atoms with Crippen LogP contribution in [-0.4, -0.2) is 19.2 Å². The summed E-state index contributed by atoms with van der Waals surface area (Å²) < 4.78 is 23.3. The Kier molecular flexibility index (Phi) is 5.11. The minimum absolute atomic E-state index is 0.147. The fraction of sp³-hybridized carbons (Fsp3) is 0.211. The molecule has 1 N–H and O–H groups in total. The van der Waals surface area contributed by atoms with Gasteiger partial charge in [0, 0.05) is 12.6 Å². The first kappa shape index (κ1) is 16.1. The molecule has 0 saturated heterocycles. The number of carbonyl (C=O) groups is 1. The molecule has 0 aromatic heterocycles. The lowest BCUT2D eigenvalue weighted by Crippen LogP contribution is -2.22. The molecule has 5 heteroatoms. The van der Waals surface area contributed by atoms with Gasteiger partial charge in [0.2, 0.25) is 12.7 Å². The molecule has 2 aromatic carbocycles. The molecule has 24 heavy (non-hydrogen) atoms. The summed E-state index contributed by atoms with van der Waals surface area (Å²) in [6.45, 7) is 0.804. The number of aryl methyl sites for hydroxylation is 1. The third-order valence-corrected chi connectivity index (χ3v) is 3.68. The lowest BCUT2D eigenvalue weighted by molar-refractivity contribution is -0.116. The van der Waals surface area contributed by atoms with Crippen LogP contribution in [0.1, 0.15) is 17.5 Å². The summed E-state index contributed by atoms with van der Waals surface area (Å²) in [7, 11) is 0. The van der Waals surface area contributed by atoms with Crippen LogP contribution in [0.3, 0.4) is 0 Å². The fourth-order valence-electron chi connectivity index (χ4n) is 2.40. The monoisotopic (exact) mass is 327 g/mol. The molecule has 124 valence electrons. The Hall–Kier alpha value is -2.82. The first-order valence-corrected chi connectivity index (χ1v) is 7.81. The highest BCUT2D eigenvalue weighted by molar-refractivity contribution is 5.91. The maximum atomic E-state index is 12.8. The Morgan fingerprint density at radius 1 is 1.12 bits per heavy atom. The van der Waals surface area contributed by atoms with Gasteiger partial charge in [0.05, 0.1) is 0 Å². The summed E-state index contributed by atoms with van der Waals surface area (Å²) in [5.74, 6) is 1.03. The lowest BCUT2D eigenvalue weighted by atomic mass is 10.1. The van der Waals surface area contributed by atoms with E-state index in [1.165, 1.54) is 18.2 Å². The van der Waals surface area contributed by atoms with Gasteiger partial charge in [0.1, 0.15) is 5.82 Å². The Labute approximate surface area is 139 Å². The highest BCUT2D eigenvalue weighted by Gasteiger charge is 2.12. The van der Waals surface area contributed by atoms with Crippen molar-refractivity contribution in [1.29, 1.82) is 0 Å². The standard InChI is InChI=1S/C19H18FNO3/c20-16-7-3-14(4-8-16)2-1-11-21-19(22)10-6-15-5-9-17-18(12-15)24-13-23-17/h3-10,12H,1-2,11,13H2,(H,21,22)/b10-6+. The van der Waals surface area contributed by atoms with Crippen molar-refractivity contribution < 1.29 is 18.7 Å². The molecule has 0 spiro atoms. The van der Waals surface area contributed by atoms with Gasteiger partial charge < -0.3 is 14.8 Å². The van der Waals surface area contributed by atoms with E-state index < -0.39 is 0 Å². The van der Waals surface area contributed by atoms with Crippen molar-refractivity contribution >= 4 is 12.0 Å². The summed E-state index contributed by atoms with van der Waals surface area (Å²) in [6.07, 6.45) is 4.83. The first-order valence-electron chi connectivity index (χ1n) is 7.81. The van der Waals surface area contributed by atoms with Crippen LogP contribution < -0.4 is 14.8 Å². The molecule has 0 unspecified atom stereocenters. The predicted octanol–water partition coefficient (Wildman–Crippen LogP) is 3.32. The number of halogens is 1. The molecule has 0 saturated carbocycles. The van der Waals surface area contributed by atoms with Gasteiger partial charge in [-0.15, -0.1) is 0 Å². The second-order valence-electron chi connectivity index (χ2n) is 5.47. The quantitative estimate of drug-likeness (QED) is 0.654. The molecule has 1 amide bonds. The van der Waals surface area contributed by atoms with Gasteiger partial charge >= 0.3 is 0 Å². The van der Waals surface area contributed by atoms with Crippen molar-refractivity contribution in [2.45, 2.75) is 12.8 Å². The summed E-state index contributed by atoms with van der Waals surface area (Å²) in [6, 6.07) is 11.9. The second-order valence-corrected chi connectivity index (χ2v) is 5.47. The Balaban J connectivity index is 1.41. The van der Waals surface area contributed by atoms with Crippen LogP contribution in [0.15, 0.2) is 48.5 Å². The van der Waals surface area contributed by atoms with Gasteiger partial charge in [-0.3, -0.25) is 4.79 Å². The van der Waals surface area contributed by atoms with Crippen molar-refractivity contribution in [3.05, 3.63) is 65.5 Å². The zero-order chi connectivity index (χ0) is 16.8. The summed E-state index contributed by atoms with van der Waals surface area (Å²) in [5, 5.41) is 2.83. The highest BCUT2D eigenvalue weighted by atomic mass is 19.1. The maximum absolute atomic E-state index is 12.8. The molecule has 3 rings (SSSR count). The minimum atomic E-state index is -0.235. The number of carbonyl (C=O) groups excluding carboxylic acids is 1. The van der Waals surface area contributed by atoms with E-state index in [1.807, 2.05) is 18.2 Å². The summed E-state index contributed by atoms with van der Waals surface area (Å²) in [4.78, 5) is 11.8. The Morgan fingerprint density at radius 3 is 2.75 bits per heavy atom. The number of hydrogen-bond acceptors (Lipinski definition) is 3. The Bertz CT molecular complexity index is 741. The van der Waals surface area contributed by atoms with Crippen LogP contribution in [0.25, 0.3) is 6.08 Å². The van der Waals surface area contributed by atoms with Crippen molar-refractivity contribution in [3.63, 3.8) is 0 Å². The first-order chi connectivity index (χ1) is 11.7. The smallest absolute Gasteiger partial charge is 0.243 e. The van der Waals surface area contributed by atoms with Crippen LogP contribution in [0.5, 0.6) is 11.5 Å². The van der Waals surface area contributed by atoms with Gasteiger partial charge in [-0.05, 0) is 54.3 Å². The van der Waals surface area contributed by atoms with Crippen molar-refractivity contribution in [1.82, 2.24) is 5.32 Å². The molecule has 0 radical (unpaired) electrons. The maximum Gasteiger partial charge on any atom is 0.243 e. The highest BCUT2D eigenvalue weighted by Crippen LogP contribution is 2.32. The van der Waals surface area contributed by atoms with E-state index in [2.05, 4.69) is 5.32 Å². The molecule has 2 aromatic rings. The number of fused-ring (bicyclic) bond motifs is 1. The van der Waals surface area contributed by atoms with Gasteiger partial charge in [0.15, 0.2) is 11.5 Å². The van der Waals surface area contributed by atoms with E-state index >= 15 is 0 Å². The van der Waals surface area contributed by atoms with Gasteiger partial charge in [0.25, 0.3) is 0 Å². The van der Waals surface area contributed by atoms with E-state index in [0.29, 0.717) is 12.3 Å². The predicted molar refractivity (Wildman–Crippen MR) is 89.3 cm³/mol. The average molecular weight is 327 g/mol.